The van der Waals surface area contributed by atoms with E-state index in [2.05, 4.69) is 15.6 Å². The molecule has 10 heteroatoms. The average molecular weight is 358 g/mol. The van der Waals surface area contributed by atoms with Crippen LogP contribution in [0.5, 0.6) is 0 Å². The van der Waals surface area contributed by atoms with Crippen molar-refractivity contribution in [3.05, 3.63) is 41.7 Å². The van der Waals surface area contributed by atoms with Gasteiger partial charge >= 0.3 is 12.1 Å². The topological polar surface area (TPSA) is 69.0 Å². The highest BCUT2D eigenvalue weighted by Crippen LogP contribution is 2.40. The van der Waals surface area contributed by atoms with Crippen LogP contribution in [0.15, 0.2) is 35.5 Å². The van der Waals surface area contributed by atoms with E-state index in [0.29, 0.717) is 5.56 Å². The van der Waals surface area contributed by atoms with Gasteiger partial charge in [0.1, 0.15) is 5.25 Å². The van der Waals surface area contributed by atoms with Crippen molar-refractivity contribution in [1.82, 2.24) is 14.9 Å². The number of hydrogen-bond donors (Lipinski definition) is 1. The molecule has 3 rings (SSSR count). The molecule has 0 saturated carbocycles. The summed E-state index contributed by atoms with van der Waals surface area (Å²) in [6.07, 6.45) is -4.66. The van der Waals surface area contributed by atoms with Crippen molar-refractivity contribution < 1.29 is 22.7 Å². The number of thioether (sulfide) groups is 1. The first-order chi connectivity index (χ1) is 11.4. The second-order valence-corrected chi connectivity index (χ2v) is 6.06. The Labute approximate surface area is 139 Å². The molecule has 1 N–H and O–H groups in total. The fourth-order valence-corrected chi connectivity index (χ4v) is 3.43. The molecule has 0 saturated heterocycles. The smallest absolute Gasteiger partial charge is 0.453 e. The van der Waals surface area contributed by atoms with Crippen LogP contribution in [-0.4, -0.2) is 32.7 Å². The number of carbonyl (C=O) groups excluding carboxylic acids is 1. The average Bonchev–Trinajstić information content (AvgIpc) is 2.98. The Balaban J connectivity index is 2.02. The van der Waals surface area contributed by atoms with Gasteiger partial charge in [0.25, 0.3) is 5.82 Å². The summed E-state index contributed by atoms with van der Waals surface area (Å²) in [5.41, 5.74) is 3.37. The maximum atomic E-state index is 13.1. The van der Waals surface area contributed by atoms with Gasteiger partial charge in [0.05, 0.1) is 12.6 Å². The molecule has 0 bridgehead atoms. The summed E-state index contributed by atoms with van der Waals surface area (Å²) in [6.45, 7) is 1.85. The van der Waals surface area contributed by atoms with Gasteiger partial charge in [0, 0.05) is 0 Å². The number of nitrogens with zero attached hydrogens (tertiary/aromatic N) is 3. The zero-order chi connectivity index (χ0) is 17.3. The lowest BCUT2D eigenvalue weighted by atomic mass is 10.0. The van der Waals surface area contributed by atoms with Crippen LogP contribution in [0, 0.1) is 0 Å². The van der Waals surface area contributed by atoms with E-state index in [9.17, 15) is 18.0 Å². The number of carbonyl (C=O) groups is 1. The van der Waals surface area contributed by atoms with E-state index in [1.807, 2.05) is 0 Å². The maximum Gasteiger partial charge on any atom is 0.453 e. The Morgan fingerprint density at radius 3 is 2.67 bits per heavy atom. The number of hydrogen-bond acceptors (Lipinski definition) is 6. The van der Waals surface area contributed by atoms with Crippen LogP contribution < -0.4 is 5.43 Å². The molecule has 2 heterocycles. The van der Waals surface area contributed by atoms with Gasteiger partial charge in [-0.05, 0) is 12.5 Å². The molecule has 128 valence electrons. The van der Waals surface area contributed by atoms with Crippen molar-refractivity contribution in [3.8, 4) is 0 Å². The second-order valence-electron chi connectivity index (χ2n) is 4.95. The van der Waals surface area contributed by atoms with Crippen LogP contribution in [0.1, 0.15) is 24.4 Å². The minimum Gasteiger partial charge on any atom is -0.465 e. The normalized spacial score (nSPS) is 20.2. The van der Waals surface area contributed by atoms with Gasteiger partial charge in [-0.2, -0.15) is 13.2 Å². The third kappa shape index (κ3) is 3.05. The second kappa shape index (κ2) is 6.34. The Kier molecular flexibility index (Phi) is 4.39. The summed E-state index contributed by atoms with van der Waals surface area (Å²) < 4.78 is 45.0. The number of fused-ring (bicyclic) bond motifs is 1. The van der Waals surface area contributed by atoms with Crippen molar-refractivity contribution in [1.29, 1.82) is 0 Å². The molecular weight excluding hydrogens is 345 g/mol. The predicted octanol–water partition coefficient (Wildman–Crippen LogP) is 2.62. The van der Waals surface area contributed by atoms with Crippen molar-refractivity contribution in [2.45, 2.75) is 29.5 Å². The fraction of sp³-hybridized carbons (Fsp3) is 0.357. The molecule has 24 heavy (non-hydrogen) atoms. The van der Waals surface area contributed by atoms with Crippen LogP contribution in [0.3, 0.4) is 0 Å². The summed E-state index contributed by atoms with van der Waals surface area (Å²) >= 11 is 0.897. The minimum atomic E-state index is -4.66. The summed E-state index contributed by atoms with van der Waals surface area (Å²) in [7, 11) is 0. The minimum absolute atomic E-state index is 0.0347. The van der Waals surface area contributed by atoms with Gasteiger partial charge in [-0.25, -0.2) is 4.68 Å². The Bertz CT molecular complexity index is 735. The van der Waals surface area contributed by atoms with Gasteiger partial charge in [-0.1, -0.05) is 42.1 Å². The highest BCUT2D eigenvalue weighted by Gasteiger charge is 2.44. The van der Waals surface area contributed by atoms with E-state index in [4.69, 9.17) is 4.74 Å². The van der Waals surface area contributed by atoms with Gasteiger partial charge in [-0.15, -0.1) is 10.2 Å². The predicted molar refractivity (Wildman–Crippen MR) is 79.8 cm³/mol. The van der Waals surface area contributed by atoms with Crippen LogP contribution in [0.4, 0.5) is 13.2 Å². The van der Waals surface area contributed by atoms with Crippen molar-refractivity contribution in [3.63, 3.8) is 0 Å². The van der Waals surface area contributed by atoms with Gasteiger partial charge in [-0.3, -0.25) is 4.79 Å². The van der Waals surface area contributed by atoms with Crippen LogP contribution in [0.2, 0.25) is 0 Å². The summed E-state index contributed by atoms with van der Waals surface area (Å²) in [4.78, 5) is 12.2. The Hall–Kier alpha value is -2.23. The van der Waals surface area contributed by atoms with E-state index in [1.165, 1.54) is 0 Å². The molecule has 0 spiro atoms. The van der Waals surface area contributed by atoms with Crippen LogP contribution in [0.25, 0.3) is 0 Å². The van der Waals surface area contributed by atoms with E-state index in [1.54, 1.807) is 37.3 Å². The lowest BCUT2D eigenvalue weighted by Gasteiger charge is -2.32. The maximum absolute atomic E-state index is 13.1. The number of halogens is 3. The first kappa shape index (κ1) is 16.6. The van der Waals surface area contributed by atoms with E-state index < -0.39 is 29.3 Å². The first-order valence-corrected chi connectivity index (χ1v) is 7.97. The van der Waals surface area contributed by atoms with Gasteiger partial charge in [0.15, 0.2) is 0 Å². The largest absolute Gasteiger partial charge is 0.465 e. The number of aromatic nitrogens is 3. The number of alkyl halides is 3. The number of rotatable bonds is 3. The molecule has 2 unspecified atom stereocenters. The Morgan fingerprint density at radius 1 is 1.33 bits per heavy atom. The molecule has 1 aliphatic heterocycles. The molecular formula is C14H13F3N4O2S. The third-order valence-electron chi connectivity index (χ3n) is 3.37. The lowest BCUT2D eigenvalue weighted by molar-refractivity contribution is -0.147. The number of ether oxygens (including phenoxy) is 1. The standard InChI is InChI=1S/C14H13F3N4O2S/c1-2-23-11(22)10-9(8-6-4-3-5-7-8)20-21-12(14(15,16)17)18-19-13(21)24-10/h3-7,9-10,20H,2H2,1H3. The third-order valence-corrected chi connectivity index (χ3v) is 4.56. The molecule has 1 aliphatic rings. The quantitative estimate of drug-likeness (QED) is 0.851. The Morgan fingerprint density at radius 2 is 2.04 bits per heavy atom. The van der Waals surface area contributed by atoms with Crippen molar-refractivity contribution >= 4 is 17.7 Å². The number of esters is 1. The molecule has 6 nitrogen and oxygen atoms in total. The summed E-state index contributed by atoms with van der Waals surface area (Å²) in [5.74, 6) is -1.68. The fourth-order valence-electron chi connectivity index (χ4n) is 2.35. The molecule has 0 amide bonds. The monoisotopic (exact) mass is 358 g/mol. The number of benzene rings is 1. The van der Waals surface area contributed by atoms with Crippen molar-refractivity contribution in [2.24, 2.45) is 0 Å². The summed E-state index contributed by atoms with van der Waals surface area (Å²) in [5, 5.41) is 5.91. The van der Waals surface area contributed by atoms with Gasteiger partial charge in [0.2, 0.25) is 5.16 Å². The zero-order valence-electron chi connectivity index (χ0n) is 12.4. The summed E-state index contributed by atoms with van der Waals surface area (Å²) in [6, 6.07) is 8.02. The molecule has 2 atom stereocenters. The first-order valence-electron chi connectivity index (χ1n) is 7.09. The molecule has 0 fully saturated rings. The molecule has 2 aromatic rings. The zero-order valence-corrected chi connectivity index (χ0v) is 13.3. The van der Waals surface area contributed by atoms with Crippen LogP contribution in [-0.2, 0) is 15.7 Å². The molecule has 0 aliphatic carbocycles. The van der Waals surface area contributed by atoms with E-state index in [0.717, 1.165) is 16.4 Å². The number of nitrogens with one attached hydrogen (secondary N) is 1. The van der Waals surface area contributed by atoms with Crippen molar-refractivity contribution in [2.75, 3.05) is 12.0 Å². The highest BCUT2D eigenvalue weighted by atomic mass is 32.2. The molecule has 1 aromatic heterocycles. The highest BCUT2D eigenvalue weighted by molar-refractivity contribution is 8.00. The molecule has 0 radical (unpaired) electrons. The lowest BCUT2D eigenvalue weighted by Crippen LogP contribution is -2.40. The SMILES string of the molecule is CCOC(=O)C1Sc2nnc(C(F)(F)F)n2NC1c1ccccc1. The van der Waals surface area contributed by atoms with Gasteiger partial charge < -0.3 is 10.2 Å². The van der Waals surface area contributed by atoms with E-state index in [-0.39, 0.29) is 11.8 Å². The molecule has 1 aromatic carbocycles. The van der Waals surface area contributed by atoms with Crippen LogP contribution >= 0.6 is 11.8 Å². The van der Waals surface area contributed by atoms with E-state index >= 15 is 0 Å².